The molecule has 2 N–H and O–H groups in total. The summed E-state index contributed by atoms with van der Waals surface area (Å²) in [5.41, 5.74) is 0. The molecule has 1 fully saturated rings. The van der Waals surface area contributed by atoms with Gasteiger partial charge >= 0.3 is 0 Å². The van der Waals surface area contributed by atoms with Crippen LogP contribution in [0.2, 0.25) is 0 Å². The van der Waals surface area contributed by atoms with Gasteiger partial charge in [0.05, 0.1) is 5.00 Å². The maximum absolute atomic E-state index is 3.47. The van der Waals surface area contributed by atoms with Crippen LogP contribution in [0.1, 0.15) is 0 Å². The second kappa shape index (κ2) is 5.30. The van der Waals surface area contributed by atoms with Crippen molar-refractivity contribution in [1.29, 1.82) is 0 Å². The molecular weight excluding hydrogens is 274 g/mol. The zero-order valence-corrected chi connectivity index (χ0v) is 11.2. The molecular formula is C10H16BrN3S. The van der Waals surface area contributed by atoms with Crippen LogP contribution in [0.4, 0.5) is 5.00 Å². The van der Waals surface area contributed by atoms with Crippen molar-refractivity contribution in [2.75, 3.05) is 38.5 Å². The van der Waals surface area contributed by atoms with Gasteiger partial charge in [-0.2, -0.15) is 0 Å². The van der Waals surface area contributed by atoms with Gasteiger partial charge in [0.25, 0.3) is 0 Å². The van der Waals surface area contributed by atoms with Crippen LogP contribution >= 0.6 is 27.3 Å². The molecule has 1 aromatic heterocycles. The standard InChI is InChI=1S/C10H16BrN3S/c1-14-3-2-12-5-9(14)6-13-10-4-8(11)7-15-10/h4,7,9,12-13H,2-3,5-6H2,1H3. The first-order valence-corrected chi connectivity index (χ1v) is 6.82. The molecule has 1 atom stereocenters. The Morgan fingerprint density at radius 3 is 3.27 bits per heavy atom. The molecule has 1 aromatic rings. The number of hydrogen-bond acceptors (Lipinski definition) is 4. The molecule has 1 aliphatic rings. The van der Waals surface area contributed by atoms with E-state index in [1.54, 1.807) is 11.3 Å². The summed E-state index contributed by atoms with van der Waals surface area (Å²) in [7, 11) is 2.19. The highest BCUT2D eigenvalue weighted by molar-refractivity contribution is 9.10. The minimum absolute atomic E-state index is 0.597. The van der Waals surface area contributed by atoms with Gasteiger partial charge in [0, 0.05) is 42.1 Å². The first-order chi connectivity index (χ1) is 7.25. The summed E-state index contributed by atoms with van der Waals surface area (Å²) in [5, 5.41) is 10.2. The van der Waals surface area contributed by atoms with E-state index in [9.17, 15) is 0 Å². The average Bonchev–Trinajstić information content (AvgIpc) is 2.63. The van der Waals surface area contributed by atoms with E-state index in [1.807, 2.05) is 0 Å². The average molecular weight is 290 g/mol. The Morgan fingerprint density at radius 2 is 2.60 bits per heavy atom. The summed E-state index contributed by atoms with van der Waals surface area (Å²) in [4.78, 5) is 2.41. The zero-order chi connectivity index (χ0) is 10.7. The van der Waals surface area contributed by atoms with Crippen molar-refractivity contribution >= 4 is 32.3 Å². The van der Waals surface area contributed by atoms with Crippen LogP contribution in [0.25, 0.3) is 0 Å². The Morgan fingerprint density at radius 1 is 1.73 bits per heavy atom. The van der Waals surface area contributed by atoms with Crippen molar-refractivity contribution in [1.82, 2.24) is 10.2 Å². The van der Waals surface area contributed by atoms with Gasteiger partial charge in [-0.15, -0.1) is 11.3 Å². The highest BCUT2D eigenvalue weighted by atomic mass is 79.9. The molecule has 0 aliphatic carbocycles. The zero-order valence-electron chi connectivity index (χ0n) is 8.79. The van der Waals surface area contributed by atoms with Gasteiger partial charge in [-0.1, -0.05) is 0 Å². The number of rotatable bonds is 3. The van der Waals surface area contributed by atoms with E-state index >= 15 is 0 Å². The Bertz CT molecular complexity index is 315. The van der Waals surface area contributed by atoms with E-state index < -0.39 is 0 Å². The molecule has 0 saturated carbocycles. The summed E-state index contributed by atoms with van der Waals surface area (Å²) in [6.45, 7) is 4.34. The molecule has 0 amide bonds. The smallest absolute Gasteiger partial charge is 0.0894 e. The Labute approximate surface area is 103 Å². The molecule has 0 radical (unpaired) electrons. The first kappa shape index (κ1) is 11.4. The van der Waals surface area contributed by atoms with Crippen LogP contribution in [-0.2, 0) is 0 Å². The molecule has 0 spiro atoms. The van der Waals surface area contributed by atoms with Crippen molar-refractivity contribution in [2.24, 2.45) is 0 Å². The number of likely N-dealkylation sites (N-methyl/N-ethyl adjacent to an activating group) is 1. The number of hydrogen-bond donors (Lipinski definition) is 2. The lowest BCUT2D eigenvalue weighted by molar-refractivity contribution is 0.209. The molecule has 1 aliphatic heterocycles. The number of piperazine rings is 1. The van der Waals surface area contributed by atoms with Crippen LogP contribution in [0.3, 0.4) is 0 Å². The summed E-state index contributed by atoms with van der Waals surface area (Å²) >= 11 is 5.20. The van der Waals surface area contributed by atoms with Crippen molar-refractivity contribution in [3.63, 3.8) is 0 Å². The van der Waals surface area contributed by atoms with Crippen LogP contribution < -0.4 is 10.6 Å². The predicted octanol–water partition coefficient (Wildman–Crippen LogP) is 1.83. The molecule has 15 heavy (non-hydrogen) atoms. The quantitative estimate of drug-likeness (QED) is 0.889. The third-order valence-corrected chi connectivity index (χ3v) is 4.37. The maximum atomic E-state index is 3.47. The summed E-state index contributed by atoms with van der Waals surface area (Å²) in [5.74, 6) is 0. The molecule has 2 heterocycles. The second-order valence-electron chi connectivity index (χ2n) is 3.85. The van der Waals surface area contributed by atoms with Crippen LogP contribution in [-0.4, -0.2) is 44.2 Å². The maximum Gasteiger partial charge on any atom is 0.0894 e. The lowest BCUT2D eigenvalue weighted by Gasteiger charge is -2.33. The number of nitrogens with zero attached hydrogens (tertiary/aromatic N) is 1. The molecule has 1 saturated heterocycles. The van der Waals surface area contributed by atoms with E-state index in [2.05, 4.69) is 50.0 Å². The SMILES string of the molecule is CN1CCNCC1CNc1cc(Br)cs1. The number of nitrogens with one attached hydrogen (secondary N) is 2. The Kier molecular flexibility index (Phi) is 4.02. The lowest BCUT2D eigenvalue weighted by atomic mass is 10.2. The third kappa shape index (κ3) is 3.17. The van der Waals surface area contributed by atoms with Gasteiger partial charge in [0.1, 0.15) is 0 Å². The molecule has 84 valence electrons. The van der Waals surface area contributed by atoms with E-state index in [1.165, 1.54) is 5.00 Å². The van der Waals surface area contributed by atoms with Gasteiger partial charge in [0.15, 0.2) is 0 Å². The van der Waals surface area contributed by atoms with Crippen LogP contribution in [0, 0.1) is 0 Å². The number of thiophene rings is 1. The summed E-state index contributed by atoms with van der Waals surface area (Å²) < 4.78 is 1.16. The topological polar surface area (TPSA) is 27.3 Å². The highest BCUT2D eigenvalue weighted by Crippen LogP contribution is 2.24. The monoisotopic (exact) mass is 289 g/mol. The highest BCUT2D eigenvalue weighted by Gasteiger charge is 2.17. The minimum atomic E-state index is 0.597. The van der Waals surface area contributed by atoms with Gasteiger partial charge in [-0.3, -0.25) is 4.90 Å². The molecule has 3 nitrogen and oxygen atoms in total. The normalized spacial score (nSPS) is 22.9. The van der Waals surface area contributed by atoms with Crippen molar-refractivity contribution < 1.29 is 0 Å². The van der Waals surface area contributed by atoms with Gasteiger partial charge in [-0.05, 0) is 29.0 Å². The van der Waals surface area contributed by atoms with E-state index in [0.29, 0.717) is 6.04 Å². The Hall–Kier alpha value is -0.100. The van der Waals surface area contributed by atoms with E-state index in [4.69, 9.17) is 0 Å². The number of halogens is 1. The third-order valence-electron chi connectivity index (χ3n) is 2.72. The van der Waals surface area contributed by atoms with Crippen molar-refractivity contribution in [2.45, 2.75) is 6.04 Å². The van der Waals surface area contributed by atoms with Gasteiger partial charge in [-0.25, -0.2) is 0 Å². The fourth-order valence-corrected chi connectivity index (χ4v) is 3.04. The van der Waals surface area contributed by atoms with Crippen LogP contribution in [0.5, 0.6) is 0 Å². The lowest BCUT2D eigenvalue weighted by Crippen LogP contribution is -2.52. The first-order valence-electron chi connectivity index (χ1n) is 5.14. The second-order valence-corrected chi connectivity index (χ2v) is 5.68. The fraction of sp³-hybridized carbons (Fsp3) is 0.600. The van der Waals surface area contributed by atoms with Gasteiger partial charge < -0.3 is 10.6 Å². The fourth-order valence-electron chi connectivity index (χ4n) is 1.71. The molecule has 5 heteroatoms. The van der Waals surface area contributed by atoms with Crippen molar-refractivity contribution in [3.05, 3.63) is 15.9 Å². The van der Waals surface area contributed by atoms with Crippen molar-refractivity contribution in [3.8, 4) is 0 Å². The van der Waals surface area contributed by atoms with Crippen LogP contribution in [0.15, 0.2) is 15.9 Å². The van der Waals surface area contributed by atoms with E-state index in [-0.39, 0.29) is 0 Å². The molecule has 2 rings (SSSR count). The number of anilines is 1. The van der Waals surface area contributed by atoms with E-state index in [0.717, 1.165) is 30.7 Å². The largest absolute Gasteiger partial charge is 0.375 e. The minimum Gasteiger partial charge on any atom is -0.375 e. The summed E-state index contributed by atoms with van der Waals surface area (Å²) in [6.07, 6.45) is 0. The Balaban J connectivity index is 1.81. The predicted molar refractivity (Wildman–Crippen MR) is 69.8 cm³/mol. The molecule has 0 bridgehead atoms. The molecule has 1 unspecified atom stereocenters. The molecule has 0 aromatic carbocycles. The van der Waals surface area contributed by atoms with Gasteiger partial charge in [0.2, 0.25) is 0 Å². The summed E-state index contributed by atoms with van der Waals surface area (Å²) in [6, 6.07) is 2.72.